The van der Waals surface area contributed by atoms with E-state index in [0.717, 1.165) is 16.8 Å². The van der Waals surface area contributed by atoms with Crippen LogP contribution in [0.2, 0.25) is 0 Å². The first-order chi connectivity index (χ1) is 11.7. The second-order valence-corrected chi connectivity index (χ2v) is 6.07. The van der Waals surface area contributed by atoms with Crippen LogP contribution in [0.15, 0.2) is 67.3 Å². The van der Waals surface area contributed by atoms with Gasteiger partial charge in [0.15, 0.2) is 0 Å². The average Bonchev–Trinajstić information content (AvgIpc) is 2.84. The summed E-state index contributed by atoms with van der Waals surface area (Å²) in [4.78, 5) is 15.3. The van der Waals surface area contributed by atoms with Gasteiger partial charge in [-0.15, -0.1) is 18.4 Å². The Labute approximate surface area is 143 Å². The molecule has 1 heterocycles. The number of allylic oxidation sites excluding steroid dienone is 1. The number of fused-ring (bicyclic) bond motifs is 1. The number of amides is 1. The number of rotatable bonds is 5. The van der Waals surface area contributed by atoms with E-state index in [9.17, 15) is 4.79 Å². The Bertz CT molecular complexity index is 813. The lowest BCUT2D eigenvalue weighted by atomic mass is 9.76. The van der Waals surface area contributed by atoms with Crippen molar-refractivity contribution in [3.05, 3.63) is 78.4 Å². The van der Waals surface area contributed by atoms with Crippen molar-refractivity contribution in [1.29, 1.82) is 0 Å². The minimum absolute atomic E-state index is 0.121. The van der Waals surface area contributed by atoms with Crippen LogP contribution in [0.4, 0.5) is 5.69 Å². The van der Waals surface area contributed by atoms with Gasteiger partial charge in [0.1, 0.15) is 0 Å². The summed E-state index contributed by atoms with van der Waals surface area (Å²) in [5, 5.41) is 0. The van der Waals surface area contributed by atoms with Crippen molar-refractivity contribution in [3.63, 3.8) is 0 Å². The van der Waals surface area contributed by atoms with Crippen LogP contribution in [0.3, 0.4) is 0 Å². The van der Waals surface area contributed by atoms with E-state index in [-0.39, 0.29) is 5.91 Å². The maximum Gasteiger partial charge on any atom is 0.239 e. The van der Waals surface area contributed by atoms with E-state index in [1.165, 1.54) is 0 Å². The molecule has 0 fully saturated rings. The molecule has 1 aliphatic rings. The van der Waals surface area contributed by atoms with Crippen molar-refractivity contribution in [2.75, 3.05) is 4.90 Å². The van der Waals surface area contributed by atoms with Crippen molar-refractivity contribution >= 4 is 11.6 Å². The summed E-state index contributed by atoms with van der Waals surface area (Å²) in [5.41, 5.74) is 2.56. The molecule has 120 valence electrons. The third kappa shape index (κ3) is 2.63. The molecule has 2 aromatic rings. The largest absolute Gasteiger partial charge is 0.307 e. The fourth-order valence-corrected chi connectivity index (χ4v) is 3.45. The zero-order valence-electron chi connectivity index (χ0n) is 14.0. The first-order valence-electron chi connectivity index (χ1n) is 8.19. The van der Waals surface area contributed by atoms with Gasteiger partial charge in [-0.05, 0) is 30.5 Å². The van der Waals surface area contributed by atoms with Crippen LogP contribution in [0.1, 0.15) is 30.9 Å². The molecular formula is C22H21NO. The topological polar surface area (TPSA) is 20.3 Å². The second-order valence-electron chi connectivity index (χ2n) is 6.07. The van der Waals surface area contributed by atoms with Crippen LogP contribution >= 0.6 is 0 Å². The Balaban J connectivity index is 2.07. The Hall–Kier alpha value is -2.79. The van der Waals surface area contributed by atoms with E-state index in [4.69, 9.17) is 0 Å². The highest BCUT2D eigenvalue weighted by atomic mass is 16.2. The predicted octanol–water partition coefficient (Wildman–Crippen LogP) is 4.46. The predicted molar refractivity (Wildman–Crippen MR) is 98.6 cm³/mol. The van der Waals surface area contributed by atoms with E-state index < -0.39 is 5.41 Å². The van der Waals surface area contributed by atoms with E-state index in [2.05, 4.69) is 36.6 Å². The Kier molecular flexibility index (Phi) is 4.53. The number of nitrogens with zero attached hydrogens (tertiary/aromatic N) is 1. The number of anilines is 1. The van der Waals surface area contributed by atoms with E-state index in [1.54, 1.807) is 0 Å². The van der Waals surface area contributed by atoms with Gasteiger partial charge in [0.2, 0.25) is 5.91 Å². The normalized spacial score (nSPS) is 18.7. The zero-order chi connectivity index (χ0) is 17.0. The first-order valence-corrected chi connectivity index (χ1v) is 8.19. The van der Waals surface area contributed by atoms with Crippen LogP contribution in [-0.4, -0.2) is 5.91 Å². The molecule has 0 spiro atoms. The third-order valence-electron chi connectivity index (χ3n) is 4.61. The van der Waals surface area contributed by atoms with E-state index >= 15 is 0 Å². The summed E-state index contributed by atoms with van der Waals surface area (Å²) < 4.78 is 0. The highest BCUT2D eigenvalue weighted by molar-refractivity contribution is 6.08. The second kappa shape index (κ2) is 6.76. The molecule has 1 atom stereocenters. The molecule has 0 bridgehead atoms. The fourth-order valence-electron chi connectivity index (χ4n) is 3.45. The summed E-state index contributed by atoms with van der Waals surface area (Å²) >= 11 is 0. The third-order valence-corrected chi connectivity index (χ3v) is 4.61. The molecule has 2 aromatic carbocycles. The lowest BCUT2D eigenvalue weighted by molar-refractivity contribution is -0.123. The van der Waals surface area contributed by atoms with Gasteiger partial charge in [0.05, 0.1) is 12.0 Å². The number of para-hydroxylation sites is 1. The summed E-state index contributed by atoms with van der Waals surface area (Å²) in [5.74, 6) is 6.19. The van der Waals surface area contributed by atoms with Crippen LogP contribution in [0.5, 0.6) is 0 Å². The quantitative estimate of drug-likeness (QED) is 0.589. The fraction of sp³-hybridized carbons (Fsp3) is 0.227. The molecule has 2 heteroatoms. The summed E-state index contributed by atoms with van der Waals surface area (Å²) in [7, 11) is 0. The van der Waals surface area contributed by atoms with Crippen molar-refractivity contribution in [2.24, 2.45) is 0 Å². The van der Waals surface area contributed by atoms with Gasteiger partial charge in [0.25, 0.3) is 0 Å². The van der Waals surface area contributed by atoms with Crippen molar-refractivity contribution in [3.8, 4) is 11.8 Å². The summed E-state index contributed by atoms with van der Waals surface area (Å²) in [6.07, 6.45) is 2.96. The highest BCUT2D eigenvalue weighted by Gasteiger charge is 2.49. The molecule has 3 rings (SSSR count). The Morgan fingerprint density at radius 3 is 2.54 bits per heavy atom. The number of benzene rings is 2. The zero-order valence-corrected chi connectivity index (χ0v) is 14.0. The standard InChI is InChI=1S/C22H21NO/c1-3-5-16-22(15-4-2)19-13-9-10-14-20(19)23(21(22)24)17-18-11-7-6-8-12-18/h4,6-14H,2,15-17H2,1H3/t22-/m1/s1. The van der Waals surface area contributed by atoms with Crippen molar-refractivity contribution < 1.29 is 4.79 Å². The van der Waals surface area contributed by atoms with Gasteiger partial charge >= 0.3 is 0 Å². The Morgan fingerprint density at radius 2 is 1.83 bits per heavy atom. The minimum Gasteiger partial charge on any atom is -0.307 e. The summed E-state index contributed by atoms with van der Waals surface area (Å²) in [6.45, 7) is 6.27. The van der Waals surface area contributed by atoms with Crippen molar-refractivity contribution in [1.82, 2.24) is 0 Å². The van der Waals surface area contributed by atoms with Gasteiger partial charge in [-0.25, -0.2) is 0 Å². The molecule has 1 aliphatic heterocycles. The van der Waals surface area contributed by atoms with Gasteiger partial charge in [-0.3, -0.25) is 4.79 Å². The number of carbonyl (C=O) groups excluding carboxylic acids is 1. The lowest BCUT2D eigenvalue weighted by Gasteiger charge is -2.26. The monoisotopic (exact) mass is 315 g/mol. The molecule has 0 saturated heterocycles. The Morgan fingerprint density at radius 1 is 1.12 bits per heavy atom. The first kappa shape index (κ1) is 16.1. The molecule has 0 unspecified atom stereocenters. The lowest BCUT2D eigenvalue weighted by Crippen LogP contribution is -2.39. The molecule has 1 amide bonds. The summed E-state index contributed by atoms with van der Waals surface area (Å²) in [6, 6.07) is 18.2. The van der Waals surface area contributed by atoms with Crippen molar-refractivity contribution in [2.45, 2.75) is 31.7 Å². The smallest absolute Gasteiger partial charge is 0.239 e. The molecule has 2 nitrogen and oxygen atoms in total. The number of carbonyl (C=O) groups is 1. The molecule has 24 heavy (non-hydrogen) atoms. The van der Waals surface area contributed by atoms with Crippen LogP contribution in [-0.2, 0) is 16.8 Å². The molecule has 0 aliphatic carbocycles. The molecule has 0 saturated carbocycles. The maximum absolute atomic E-state index is 13.4. The molecule has 0 N–H and O–H groups in total. The van der Waals surface area contributed by atoms with Gasteiger partial charge in [0, 0.05) is 12.1 Å². The van der Waals surface area contributed by atoms with Crippen LogP contribution in [0, 0.1) is 11.8 Å². The van der Waals surface area contributed by atoms with Crippen LogP contribution in [0.25, 0.3) is 0 Å². The van der Waals surface area contributed by atoms with Gasteiger partial charge in [-0.2, -0.15) is 0 Å². The van der Waals surface area contributed by atoms with Crippen LogP contribution < -0.4 is 4.90 Å². The number of hydrogen-bond donors (Lipinski definition) is 0. The van der Waals surface area contributed by atoms with Gasteiger partial charge < -0.3 is 4.90 Å². The molecule has 0 aromatic heterocycles. The van der Waals surface area contributed by atoms with Gasteiger partial charge in [-0.1, -0.05) is 54.6 Å². The minimum atomic E-state index is -0.615. The van der Waals surface area contributed by atoms with E-state index in [0.29, 0.717) is 19.4 Å². The maximum atomic E-state index is 13.4. The van der Waals surface area contributed by atoms with E-state index in [1.807, 2.05) is 54.3 Å². The highest BCUT2D eigenvalue weighted by Crippen LogP contribution is 2.46. The molecular weight excluding hydrogens is 294 g/mol. The average molecular weight is 315 g/mol. The number of hydrogen-bond acceptors (Lipinski definition) is 1. The SMILES string of the molecule is C=CC[C@]1(CC#CC)C(=O)N(Cc2ccccc2)c2ccccc21. The molecule has 0 radical (unpaired) electrons.